The van der Waals surface area contributed by atoms with Gasteiger partial charge in [-0.05, 0) is 47.7 Å². The molecule has 0 saturated carbocycles. The van der Waals surface area contributed by atoms with E-state index in [1.165, 1.54) is 0 Å². The van der Waals surface area contributed by atoms with Crippen molar-refractivity contribution in [2.24, 2.45) is 0 Å². The Bertz CT molecular complexity index is 822. The first kappa shape index (κ1) is 17.7. The number of methoxy groups -OCH3 is 1. The second-order valence-electron chi connectivity index (χ2n) is 6.38. The number of ketones is 1. The molecule has 0 saturated heterocycles. The van der Waals surface area contributed by atoms with Crippen LogP contribution in [0.5, 0.6) is 5.75 Å². The quantitative estimate of drug-likeness (QED) is 0.866. The van der Waals surface area contributed by atoms with Crippen molar-refractivity contribution >= 4 is 17.4 Å². The predicted octanol–water partition coefficient (Wildman–Crippen LogP) is 2.43. The maximum atomic E-state index is 12.1. The van der Waals surface area contributed by atoms with E-state index in [0.717, 1.165) is 29.1 Å². The summed E-state index contributed by atoms with van der Waals surface area (Å²) in [7, 11) is 1.63. The smallest absolute Gasteiger partial charge is 0.158 e. The van der Waals surface area contributed by atoms with Crippen molar-refractivity contribution < 1.29 is 19.4 Å². The summed E-state index contributed by atoms with van der Waals surface area (Å²) in [5, 5.41) is 13.9. The second-order valence-corrected chi connectivity index (χ2v) is 6.38. The number of carboxylic acids is 1. The molecular weight excluding hydrogens is 330 g/mol. The van der Waals surface area contributed by atoms with Gasteiger partial charge in [-0.15, -0.1) is 0 Å². The number of hydrogen-bond donors (Lipinski definition) is 1. The summed E-state index contributed by atoms with van der Waals surface area (Å²) >= 11 is 0. The van der Waals surface area contributed by atoms with Crippen molar-refractivity contribution in [3.8, 4) is 5.75 Å². The molecule has 1 aliphatic rings. The summed E-state index contributed by atoms with van der Waals surface area (Å²) in [6.45, 7) is 0. The number of anilines is 1. The number of carbonyl (C=O) groups is 2. The van der Waals surface area contributed by atoms with Crippen LogP contribution < -0.4 is 15.2 Å². The Labute approximate surface area is 152 Å². The maximum absolute atomic E-state index is 12.1. The van der Waals surface area contributed by atoms with E-state index in [1.807, 2.05) is 24.3 Å². The molecule has 0 aliphatic heterocycles. The molecule has 1 aliphatic carbocycles. The molecule has 26 heavy (non-hydrogen) atoms. The average Bonchev–Trinajstić information content (AvgIpc) is 2.62. The summed E-state index contributed by atoms with van der Waals surface area (Å²) in [6, 6.07) is 14.9. The van der Waals surface area contributed by atoms with E-state index in [0.29, 0.717) is 12.0 Å². The van der Waals surface area contributed by atoms with Gasteiger partial charge in [-0.3, -0.25) is 4.79 Å². The monoisotopic (exact) mass is 350 g/mol. The largest absolute Gasteiger partial charge is 0.550 e. The summed E-state index contributed by atoms with van der Waals surface area (Å²) in [5.41, 5.74) is 3.47. The van der Waals surface area contributed by atoms with Gasteiger partial charge in [0.1, 0.15) is 5.75 Å². The third kappa shape index (κ3) is 4.51. The second kappa shape index (κ2) is 7.87. The first-order valence-electron chi connectivity index (χ1n) is 8.46. The number of allylic oxidation sites excluding steroid dienone is 2. The minimum Gasteiger partial charge on any atom is -0.550 e. The van der Waals surface area contributed by atoms with E-state index >= 15 is 0 Å². The van der Waals surface area contributed by atoms with E-state index in [-0.39, 0.29) is 18.1 Å². The Morgan fingerprint density at radius 1 is 1.12 bits per heavy atom. The van der Waals surface area contributed by atoms with Gasteiger partial charge in [-0.25, -0.2) is 0 Å². The van der Waals surface area contributed by atoms with Gasteiger partial charge in [0.25, 0.3) is 0 Å². The molecule has 1 atom stereocenters. The van der Waals surface area contributed by atoms with Crippen LogP contribution in [0.25, 0.3) is 0 Å². The molecule has 0 radical (unpaired) electrons. The van der Waals surface area contributed by atoms with Crippen LogP contribution in [0.15, 0.2) is 60.3 Å². The zero-order valence-electron chi connectivity index (χ0n) is 14.5. The minimum absolute atomic E-state index is 0.0909. The summed E-state index contributed by atoms with van der Waals surface area (Å²) in [5.74, 6) is -0.0959. The lowest BCUT2D eigenvalue weighted by molar-refractivity contribution is -0.304. The van der Waals surface area contributed by atoms with Crippen LogP contribution in [0.4, 0.5) is 5.69 Å². The first-order valence-corrected chi connectivity index (χ1v) is 8.46. The number of hydrogen-bond acceptors (Lipinski definition) is 5. The van der Waals surface area contributed by atoms with E-state index < -0.39 is 5.97 Å². The lowest BCUT2D eigenvalue weighted by Crippen LogP contribution is -2.24. The molecule has 0 spiro atoms. The van der Waals surface area contributed by atoms with Gasteiger partial charge < -0.3 is 20.0 Å². The Hall–Kier alpha value is -3.08. The van der Waals surface area contributed by atoms with E-state index in [9.17, 15) is 14.7 Å². The van der Waals surface area contributed by atoms with Crippen molar-refractivity contribution in [2.45, 2.75) is 25.2 Å². The summed E-state index contributed by atoms with van der Waals surface area (Å²) in [6.07, 6.45) is 2.76. The van der Waals surface area contributed by atoms with Crippen molar-refractivity contribution in [3.63, 3.8) is 0 Å². The SMILES string of the molecule is COc1ccc([C@H]2CC(=O)C=C(Nc3ccc(CC(=O)[O-])cc3)C2)cc1. The normalized spacial score (nSPS) is 16.7. The molecule has 0 heterocycles. The van der Waals surface area contributed by atoms with Gasteiger partial charge in [0.05, 0.1) is 7.11 Å². The number of ether oxygens (including phenoxy) is 1. The van der Waals surface area contributed by atoms with Gasteiger partial charge in [-0.2, -0.15) is 0 Å². The number of aliphatic carboxylic acids is 1. The number of nitrogens with one attached hydrogen (secondary N) is 1. The van der Waals surface area contributed by atoms with Gasteiger partial charge in [0.2, 0.25) is 0 Å². The predicted molar refractivity (Wildman–Crippen MR) is 96.8 cm³/mol. The molecular formula is C21H20NO4-. The Morgan fingerprint density at radius 2 is 1.81 bits per heavy atom. The van der Waals surface area contributed by atoms with Crippen LogP contribution >= 0.6 is 0 Å². The van der Waals surface area contributed by atoms with Crippen LogP contribution in [0.2, 0.25) is 0 Å². The highest BCUT2D eigenvalue weighted by Crippen LogP contribution is 2.32. The summed E-state index contributed by atoms with van der Waals surface area (Å²) < 4.78 is 5.18. The lowest BCUT2D eigenvalue weighted by Gasteiger charge is -2.23. The lowest BCUT2D eigenvalue weighted by atomic mass is 9.85. The van der Waals surface area contributed by atoms with E-state index in [4.69, 9.17) is 4.74 Å². The molecule has 2 aromatic rings. The molecule has 3 rings (SSSR count). The molecule has 0 amide bonds. The van der Waals surface area contributed by atoms with Crippen molar-refractivity contribution in [1.82, 2.24) is 0 Å². The third-order valence-corrected chi connectivity index (χ3v) is 4.44. The zero-order valence-corrected chi connectivity index (χ0v) is 14.5. The molecule has 134 valence electrons. The topological polar surface area (TPSA) is 78.5 Å². The molecule has 0 aromatic heterocycles. The Balaban J connectivity index is 1.69. The van der Waals surface area contributed by atoms with Crippen LogP contribution in [0.3, 0.4) is 0 Å². The molecule has 2 aromatic carbocycles. The Kier molecular flexibility index (Phi) is 5.37. The van der Waals surface area contributed by atoms with Crippen LogP contribution in [0.1, 0.15) is 29.9 Å². The fourth-order valence-corrected chi connectivity index (χ4v) is 3.15. The highest BCUT2D eigenvalue weighted by molar-refractivity contribution is 5.92. The Morgan fingerprint density at radius 3 is 2.42 bits per heavy atom. The number of carboxylic acid groups (broad SMARTS) is 1. The highest BCUT2D eigenvalue weighted by Gasteiger charge is 2.22. The summed E-state index contributed by atoms with van der Waals surface area (Å²) in [4.78, 5) is 22.8. The van der Waals surface area contributed by atoms with Crippen LogP contribution in [-0.2, 0) is 16.0 Å². The minimum atomic E-state index is -1.10. The maximum Gasteiger partial charge on any atom is 0.158 e. The van der Waals surface area contributed by atoms with Crippen molar-refractivity contribution in [1.29, 1.82) is 0 Å². The van der Waals surface area contributed by atoms with Crippen LogP contribution in [-0.4, -0.2) is 18.9 Å². The molecule has 5 heteroatoms. The van der Waals surface area contributed by atoms with Crippen molar-refractivity contribution in [2.75, 3.05) is 12.4 Å². The third-order valence-electron chi connectivity index (χ3n) is 4.44. The first-order chi connectivity index (χ1) is 12.5. The molecule has 0 bridgehead atoms. The van der Waals surface area contributed by atoms with Gasteiger partial charge in [0, 0.05) is 36.3 Å². The van der Waals surface area contributed by atoms with E-state index in [2.05, 4.69) is 5.32 Å². The van der Waals surface area contributed by atoms with Crippen molar-refractivity contribution in [3.05, 3.63) is 71.4 Å². The van der Waals surface area contributed by atoms with Gasteiger partial charge in [0.15, 0.2) is 5.78 Å². The standard InChI is InChI=1S/C21H21NO4/c1-26-20-8-4-15(5-9-20)16-11-18(13-19(23)12-16)22-17-6-2-14(3-7-17)10-21(24)25/h2-9,13,16,22H,10-12H2,1H3,(H,24,25)/p-1/t16-/m1/s1. The van der Waals surface area contributed by atoms with Crippen LogP contribution in [0, 0.1) is 0 Å². The number of benzene rings is 2. The van der Waals surface area contributed by atoms with E-state index in [1.54, 1.807) is 37.5 Å². The van der Waals surface area contributed by atoms with Gasteiger partial charge >= 0.3 is 0 Å². The highest BCUT2D eigenvalue weighted by atomic mass is 16.5. The number of carbonyl (C=O) groups excluding carboxylic acids is 2. The van der Waals surface area contributed by atoms with Gasteiger partial charge in [-0.1, -0.05) is 24.3 Å². The number of rotatable bonds is 6. The molecule has 0 unspecified atom stereocenters. The molecule has 1 N–H and O–H groups in total. The fourth-order valence-electron chi connectivity index (χ4n) is 3.15. The fraction of sp³-hybridized carbons (Fsp3) is 0.238. The molecule has 0 fully saturated rings. The zero-order chi connectivity index (χ0) is 18.5. The average molecular weight is 350 g/mol. The molecule has 5 nitrogen and oxygen atoms in total.